The molecule has 0 spiro atoms. The van der Waals surface area contributed by atoms with Gasteiger partial charge in [-0.25, -0.2) is 17.1 Å². The topological polar surface area (TPSA) is 92.6 Å². The first-order valence-electron chi connectivity index (χ1n) is 6.43. The Morgan fingerprint density at radius 1 is 1.48 bits per heavy atom. The highest BCUT2D eigenvalue weighted by molar-refractivity contribution is 7.88. The van der Waals surface area contributed by atoms with E-state index < -0.39 is 20.8 Å². The van der Waals surface area contributed by atoms with E-state index in [4.69, 9.17) is 0 Å². The molecule has 1 fully saturated rings. The minimum atomic E-state index is -3.28. The second-order valence-corrected chi connectivity index (χ2v) is 7.01. The fourth-order valence-electron chi connectivity index (χ4n) is 2.36. The van der Waals surface area contributed by atoms with Crippen molar-refractivity contribution >= 4 is 21.4 Å². The molecular weight excluding hydrogens is 301 g/mol. The van der Waals surface area contributed by atoms with Crippen LogP contribution in [0.15, 0.2) is 18.2 Å². The van der Waals surface area contributed by atoms with Crippen LogP contribution < -0.4 is 5.32 Å². The van der Waals surface area contributed by atoms with Crippen LogP contribution in [0.3, 0.4) is 0 Å². The highest BCUT2D eigenvalue weighted by Crippen LogP contribution is 2.27. The third-order valence-electron chi connectivity index (χ3n) is 3.37. The highest BCUT2D eigenvalue weighted by atomic mass is 32.2. The van der Waals surface area contributed by atoms with E-state index in [1.165, 1.54) is 10.4 Å². The highest BCUT2D eigenvalue weighted by Gasteiger charge is 2.27. The monoisotopic (exact) mass is 317 g/mol. The van der Waals surface area contributed by atoms with Gasteiger partial charge < -0.3 is 5.32 Å². The molecule has 0 aromatic heterocycles. The first-order valence-corrected chi connectivity index (χ1v) is 8.28. The van der Waals surface area contributed by atoms with Crippen LogP contribution in [-0.2, 0) is 10.0 Å². The molecule has 0 radical (unpaired) electrons. The van der Waals surface area contributed by atoms with Gasteiger partial charge in [0.25, 0.3) is 5.69 Å². The molecular formula is C12H16FN3O4S. The lowest BCUT2D eigenvalue weighted by molar-refractivity contribution is -0.384. The van der Waals surface area contributed by atoms with E-state index in [1.807, 2.05) is 0 Å². The van der Waals surface area contributed by atoms with Crippen molar-refractivity contribution in [3.8, 4) is 0 Å². The predicted molar refractivity (Wildman–Crippen MR) is 76.1 cm³/mol. The van der Waals surface area contributed by atoms with Gasteiger partial charge in [0.1, 0.15) is 11.5 Å². The van der Waals surface area contributed by atoms with Crippen molar-refractivity contribution in [1.82, 2.24) is 4.31 Å². The number of piperidine rings is 1. The summed E-state index contributed by atoms with van der Waals surface area (Å²) in [5.41, 5.74) is -0.159. The molecule has 0 saturated carbocycles. The van der Waals surface area contributed by atoms with Gasteiger partial charge >= 0.3 is 0 Å². The third kappa shape index (κ3) is 3.88. The first-order chi connectivity index (χ1) is 9.77. The molecule has 1 N–H and O–H groups in total. The number of sulfonamides is 1. The molecule has 116 valence electrons. The predicted octanol–water partition coefficient (Wildman–Crippen LogP) is 1.57. The molecule has 1 aliphatic rings. The molecule has 7 nitrogen and oxygen atoms in total. The summed E-state index contributed by atoms with van der Waals surface area (Å²) in [7, 11) is -3.28. The van der Waals surface area contributed by atoms with Gasteiger partial charge in [-0.05, 0) is 25.0 Å². The van der Waals surface area contributed by atoms with Gasteiger partial charge in [-0.15, -0.1) is 0 Å². The second kappa shape index (κ2) is 5.94. The molecule has 0 amide bonds. The maximum atomic E-state index is 13.1. The van der Waals surface area contributed by atoms with E-state index in [0.29, 0.717) is 19.4 Å². The molecule has 1 atom stereocenters. The maximum Gasteiger partial charge on any atom is 0.295 e. The Hall–Kier alpha value is -1.74. The van der Waals surface area contributed by atoms with E-state index >= 15 is 0 Å². The number of benzene rings is 1. The summed E-state index contributed by atoms with van der Waals surface area (Å²) in [6.45, 7) is 0.690. The number of nitro groups is 1. The molecule has 1 aromatic rings. The summed E-state index contributed by atoms with van der Waals surface area (Å²) in [4.78, 5) is 10.3. The van der Waals surface area contributed by atoms with Crippen LogP contribution in [0.5, 0.6) is 0 Å². The van der Waals surface area contributed by atoms with Gasteiger partial charge in [0, 0.05) is 19.1 Å². The average Bonchev–Trinajstić information content (AvgIpc) is 2.40. The standard InChI is InChI=1S/C12H16FN3O4S/c1-21(19,20)15-6-2-3-10(8-15)14-11-5-4-9(13)7-12(11)16(17)18/h4-5,7,10,14H,2-3,6,8H2,1H3/t10-/m1/s1. The van der Waals surface area contributed by atoms with Crippen LogP contribution in [0.25, 0.3) is 0 Å². The summed E-state index contributed by atoms with van der Waals surface area (Å²) in [5.74, 6) is -0.686. The van der Waals surface area contributed by atoms with Crippen molar-refractivity contribution in [3.63, 3.8) is 0 Å². The molecule has 2 rings (SSSR count). The average molecular weight is 317 g/mol. The minimum Gasteiger partial charge on any atom is -0.375 e. The number of nitro benzene ring substituents is 1. The molecule has 9 heteroatoms. The van der Waals surface area contributed by atoms with Crippen molar-refractivity contribution in [1.29, 1.82) is 0 Å². The lowest BCUT2D eigenvalue weighted by atomic mass is 10.1. The van der Waals surface area contributed by atoms with Crippen molar-refractivity contribution < 1.29 is 17.7 Å². The quantitative estimate of drug-likeness (QED) is 0.672. The second-order valence-electron chi connectivity index (χ2n) is 5.02. The molecule has 1 saturated heterocycles. The van der Waals surface area contributed by atoms with Gasteiger partial charge in [0.05, 0.1) is 17.2 Å². The van der Waals surface area contributed by atoms with E-state index in [9.17, 15) is 22.9 Å². The van der Waals surface area contributed by atoms with Crippen LogP contribution in [0, 0.1) is 15.9 Å². The van der Waals surface area contributed by atoms with Gasteiger partial charge in [-0.2, -0.15) is 0 Å². The summed E-state index contributed by atoms with van der Waals surface area (Å²) in [5, 5.41) is 13.9. The zero-order chi connectivity index (χ0) is 15.6. The molecule has 21 heavy (non-hydrogen) atoms. The van der Waals surface area contributed by atoms with E-state index in [0.717, 1.165) is 18.4 Å². The van der Waals surface area contributed by atoms with Crippen molar-refractivity contribution in [2.75, 3.05) is 24.7 Å². The fraction of sp³-hybridized carbons (Fsp3) is 0.500. The van der Waals surface area contributed by atoms with Crippen molar-refractivity contribution in [2.24, 2.45) is 0 Å². The number of rotatable bonds is 4. The maximum absolute atomic E-state index is 13.1. The Balaban J connectivity index is 2.17. The normalized spacial score (nSPS) is 20.2. The molecule has 0 aliphatic carbocycles. The van der Waals surface area contributed by atoms with Crippen LogP contribution in [0.2, 0.25) is 0 Å². The molecule has 1 aromatic carbocycles. The van der Waals surface area contributed by atoms with E-state index in [2.05, 4.69) is 5.32 Å². The Morgan fingerprint density at radius 3 is 2.81 bits per heavy atom. The van der Waals surface area contributed by atoms with Crippen LogP contribution in [0.4, 0.5) is 15.8 Å². The summed E-state index contributed by atoms with van der Waals surface area (Å²) >= 11 is 0. The van der Waals surface area contributed by atoms with Gasteiger partial charge in [0.15, 0.2) is 0 Å². The Morgan fingerprint density at radius 2 is 2.19 bits per heavy atom. The van der Waals surface area contributed by atoms with Crippen LogP contribution in [0.1, 0.15) is 12.8 Å². The summed E-state index contributed by atoms with van der Waals surface area (Å²) in [6, 6.07) is 3.04. The zero-order valence-electron chi connectivity index (χ0n) is 11.5. The number of nitrogens with one attached hydrogen (secondary N) is 1. The van der Waals surface area contributed by atoms with E-state index in [-0.39, 0.29) is 24.0 Å². The van der Waals surface area contributed by atoms with E-state index in [1.54, 1.807) is 0 Å². The first kappa shape index (κ1) is 15.6. The van der Waals surface area contributed by atoms with Crippen LogP contribution >= 0.6 is 0 Å². The Labute approximate surface area is 122 Å². The van der Waals surface area contributed by atoms with Gasteiger partial charge in [0.2, 0.25) is 10.0 Å². The number of hydrogen-bond acceptors (Lipinski definition) is 5. The third-order valence-corrected chi connectivity index (χ3v) is 4.64. The fourth-order valence-corrected chi connectivity index (χ4v) is 3.27. The Bertz CT molecular complexity index is 650. The number of anilines is 1. The lowest BCUT2D eigenvalue weighted by Crippen LogP contribution is -2.44. The zero-order valence-corrected chi connectivity index (χ0v) is 12.3. The summed E-state index contributed by atoms with van der Waals surface area (Å²) in [6.07, 6.45) is 2.50. The smallest absolute Gasteiger partial charge is 0.295 e. The summed E-state index contributed by atoms with van der Waals surface area (Å²) < 4.78 is 37.5. The number of nitrogens with zero attached hydrogens (tertiary/aromatic N) is 2. The van der Waals surface area contributed by atoms with Gasteiger partial charge in [-0.3, -0.25) is 10.1 Å². The number of hydrogen-bond donors (Lipinski definition) is 1. The molecule has 1 heterocycles. The minimum absolute atomic E-state index is 0.196. The van der Waals surface area contributed by atoms with Gasteiger partial charge in [-0.1, -0.05) is 0 Å². The molecule has 1 aliphatic heterocycles. The molecule has 0 unspecified atom stereocenters. The van der Waals surface area contributed by atoms with Crippen molar-refractivity contribution in [3.05, 3.63) is 34.1 Å². The van der Waals surface area contributed by atoms with Crippen molar-refractivity contribution in [2.45, 2.75) is 18.9 Å². The van der Waals surface area contributed by atoms with Crippen LogP contribution in [-0.4, -0.2) is 43.0 Å². The lowest BCUT2D eigenvalue weighted by Gasteiger charge is -2.31. The SMILES string of the molecule is CS(=O)(=O)N1CCC[C@@H](Nc2ccc(F)cc2[N+](=O)[O-])C1. The Kier molecular flexibility index (Phi) is 4.43. The number of halogens is 1. The largest absolute Gasteiger partial charge is 0.375 e. The molecule has 0 bridgehead atoms.